The summed E-state index contributed by atoms with van der Waals surface area (Å²) in [5.74, 6) is 0.925. The molecule has 0 bridgehead atoms. The van der Waals surface area contributed by atoms with Crippen molar-refractivity contribution in [1.29, 1.82) is 0 Å². The van der Waals surface area contributed by atoms with Crippen LogP contribution < -0.4 is 4.74 Å². The number of nitrogens with one attached hydrogen (secondary N) is 1. The molecule has 7 nitrogen and oxygen atoms in total. The van der Waals surface area contributed by atoms with Crippen LogP contribution in [-0.2, 0) is 0 Å². The number of hydrogen-bond donors (Lipinski definition) is 1. The fourth-order valence-corrected chi connectivity index (χ4v) is 3.54. The van der Waals surface area contributed by atoms with E-state index in [0.29, 0.717) is 17.9 Å². The number of aromatic nitrogens is 4. The van der Waals surface area contributed by atoms with Gasteiger partial charge in [-0.25, -0.2) is 9.97 Å². The Hall–Kier alpha value is -3.22. The third kappa shape index (κ3) is 3.53. The van der Waals surface area contributed by atoms with E-state index < -0.39 is 0 Å². The zero-order valence-electron chi connectivity index (χ0n) is 15.1. The number of nitrogens with zero attached hydrogens (tertiary/aromatic N) is 4. The van der Waals surface area contributed by atoms with E-state index in [1.807, 2.05) is 35.2 Å². The van der Waals surface area contributed by atoms with Crippen molar-refractivity contribution in [3.8, 4) is 17.0 Å². The summed E-state index contributed by atoms with van der Waals surface area (Å²) in [7, 11) is 1.62. The molecule has 1 atom stereocenters. The standard InChI is InChI=1S/C20H21N5O2/c1-27-19-7-3-2-6-15(19)17-11-18(24-23-17)20(26)25-10-4-5-14(12-25)16-8-9-21-13-22-16/h2-3,6-9,11,13-14H,4-5,10,12H2,1H3,(H,23,24)/t14-/m0/s1. The van der Waals surface area contributed by atoms with Crippen molar-refractivity contribution in [2.45, 2.75) is 18.8 Å². The zero-order valence-corrected chi connectivity index (χ0v) is 15.1. The molecule has 1 N–H and O–H groups in total. The number of hydrogen-bond acceptors (Lipinski definition) is 5. The Morgan fingerprint density at radius 3 is 3.00 bits per heavy atom. The number of likely N-dealkylation sites (tertiary alicyclic amines) is 1. The molecule has 1 saturated heterocycles. The second-order valence-electron chi connectivity index (χ2n) is 6.59. The molecule has 0 aliphatic carbocycles. The summed E-state index contributed by atoms with van der Waals surface area (Å²) >= 11 is 0. The number of rotatable bonds is 4. The minimum absolute atomic E-state index is 0.0394. The monoisotopic (exact) mass is 363 g/mol. The number of piperidine rings is 1. The lowest BCUT2D eigenvalue weighted by Gasteiger charge is -2.32. The van der Waals surface area contributed by atoms with Crippen molar-refractivity contribution in [3.63, 3.8) is 0 Å². The first-order chi connectivity index (χ1) is 13.3. The summed E-state index contributed by atoms with van der Waals surface area (Å²) < 4.78 is 5.39. The summed E-state index contributed by atoms with van der Waals surface area (Å²) in [6.45, 7) is 1.39. The van der Waals surface area contributed by atoms with Gasteiger partial charge in [0.15, 0.2) is 0 Å². The Balaban J connectivity index is 1.52. The molecule has 0 unspecified atom stereocenters. The highest BCUT2D eigenvalue weighted by molar-refractivity contribution is 5.93. The van der Waals surface area contributed by atoms with Crippen LogP contribution in [0, 0.1) is 0 Å². The first kappa shape index (κ1) is 17.2. The average molecular weight is 363 g/mol. The molecule has 0 radical (unpaired) electrons. The molecule has 27 heavy (non-hydrogen) atoms. The molecule has 138 valence electrons. The zero-order chi connectivity index (χ0) is 18.6. The molecule has 7 heteroatoms. The molecule has 1 aliphatic heterocycles. The molecule has 2 aromatic heterocycles. The van der Waals surface area contributed by atoms with Gasteiger partial charge < -0.3 is 9.64 Å². The predicted octanol–water partition coefficient (Wildman–Crippen LogP) is 2.90. The molecule has 0 saturated carbocycles. The van der Waals surface area contributed by atoms with Gasteiger partial charge in [0.05, 0.1) is 12.8 Å². The van der Waals surface area contributed by atoms with E-state index in [4.69, 9.17) is 4.74 Å². The second-order valence-corrected chi connectivity index (χ2v) is 6.59. The van der Waals surface area contributed by atoms with Gasteiger partial charge in [0.2, 0.25) is 0 Å². The molecular formula is C20H21N5O2. The van der Waals surface area contributed by atoms with Gasteiger partial charge in [-0.2, -0.15) is 5.10 Å². The largest absolute Gasteiger partial charge is 0.496 e. The van der Waals surface area contributed by atoms with E-state index in [9.17, 15) is 4.79 Å². The highest BCUT2D eigenvalue weighted by atomic mass is 16.5. The van der Waals surface area contributed by atoms with Crippen LogP contribution in [0.4, 0.5) is 0 Å². The smallest absolute Gasteiger partial charge is 0.271 e. The fourth-order valence-electron chi connectivity index (χ4n) is 3.54. The van der Waals surface area contributed by atoms with E-state index in [1.165, 1.54) is 0 Å². The highest BCUT2D eigenvalue weighted by Gasteiger charge is 2.27. The van der Waals surface area contributed by atoms with E-state index in [2.05, 4.69) is 20.2 Å². The summed E-state index contributed by atoms with van der Waals surface area (Å²) in [6.07, 6.45) is 5.28. The molecule has 4 rings (SSSR count). The molecule has 3 aromatic rings. The van der Waals surface area contributed by atoms with Gasteiger partial charge in [-0.15, -0.1) is 0 Å². The van der Waals surface area contributed by atoms with Gasteiger partial charge in [0.1, 0.15) is 17.8 Å². The number of benzene rings is 1. The van der Waals surface area contributed by atoms with Crippen LogP contribution >= 0.6 is 0 Å². The predicted molar refractivity (Wildman–Crippen MR) is 100 cm³/mol. The lowest BCUT2D eigenvalue weighted by molar-refractivity contribution is 0.0700. The van der Waals surface area contributed by atoms with Crippen molar-refractivity contribution in [3.05, 3.63) is 60.3 Å². The molecule has 1 fully saturated rings. The molecule has 0 spiro atoms. The topological polar surface area (TPSA) is 84.0 Å². The highest BCUT2D eigenvalue weighted by Crippen LogP contribution is 2.29. The Morgan fingerprint density at radius 1 is 1.30 bits per heavy atom. The third-order valence-electron chi connectivity index (χ3n) is 4.92. The van der Waals surface area contributed by atoms with Gasteiger partial charge in [0, 0.05) is 36.5 Å². The Bertz CT molecular complexity index is 925. The van der Waals surface area contributed by atoms with Crippen LogP contribution in [0.2, 0.25) is 0 Å². The van der Waals surface area contributed by atoms with Crippen molar-refractivity contribution in [1.82, 2.24) is 25.1 Å². The Labute approximate surface area is 157 Å². The number of ether oxygens (including phenoxy) is 1. The van der Waals surface area contributed by atoms with Crippen LogP contribution in [-0.4, -0.2) is 51.2 Å². The third-order valence-corrected chi connectivity index (χ3v) is 4.92. The van der Waals surface area contributed by atoms with E-state index in [-0.39, 0.29) is 11.8 Å². The lowest BCUT2D eigenvalue weighted by Crippen LogP contribution is -2.39. The quantitative estimate of drug-likeness (QED) is 0.770. The van der Waals surface area contributed by atoms with E-state index in [1.54, 1.807) is 25.7 Å². The van der Waals surface area contributed by atoms with Crippen molar-refractivity contribution < 1.29 is 9.53 Å². The number of H-pyrrole nitrogens is 1. The first-order valence-corrected chi connectivity index (χ1v) is 9.00. The summed E-state index contributed by atoms with van der Waals surface area (Å²) in [5.41, 5.74) is 3.02. The summed E-state index contributed by atoms with van der Waals surface area (Å²) in [6, 6.07) is 11.3. The number of para-hydroxylation sites is 1. The van der Waals surface area contributed by atoms with E-state index in [0.717, 1.165) is 36.4 Å². The summed E-state index contributed by atoms with van der Waals surface area (Å²) in [5, 5.41) is 7.20. The van der Waals surface area contributed by atoms with Gasteiger partial charge in [-0.05, 0) is 37.1 Å². The van der Waals surface area contributed by atoms with E-state index >= 15 is 0 Å². The maximum absolute atomic E-state index is 13.0. The SMILES string of the molecule is COc1ccccc1-c1cc(C(=O)N2CCC[C@H](c3ccncn3)C2)[nH]n1. The van der Waals surface area contributed by atoms with Gasteiger partial charge in [-0.1, -0.05) is 12.1 Å². The van der Waals surface area contributed by atoms with Crippen LogP contribution in [0.1, 0.15) is 34.9 Å². The van der Waals surface area contributed by atoms with Gasteiger partial charge >= 0.3 is 0 Å². The number of carbonyl (C=O) groups is 1. The van der Waals surface area contributed by atoms with Crippen LogP contribution in [0.3, 0.4) is 0 Å². The summed E-state index contributed by atoms with van der Waals surface area (Å²) in [4.78, 5) is 23.2. The fraction of sp³-hybridized carbons (Fsp3) is 0.300. The Kier molecular flexibility index (Phi) is 4.82. The molecular weight excluding hydrogens is 342 g/mol. The molecule has 1 aromatic carbocycles. The second kappa shape index (κ2) is 7.57. The number of aromatic amines is 1. The number of carbonyl (C=O) groups excluding carboxylic acids is 1. The lowest BCUT2D eigenvalue weighted by atomic mass is 9.94. The maximum atomic E-state index is 13.0. The Morgan fingerprint density at radius 2 is 2.19 bits per heavy atom. The average Bonchev–Trinajstić information content (AvgIpc) is 3.24. The van der Waals surface area contributed by atoms with Crippen LogP contribution in [0.15, 0.2) is 48.9 Å². The van der Waals surface area contributed by atoms with Crippen molar-refractivity contribution in [2.24, 2.45) is 0 Å². The minimum Gasteiger partial charge on any atom is -0.496 e. The van der Waals surface area contributed by atoms with Crippen LogP contribution in [0.25, 0.3) is 11.3 Å². The molecule has 3 heterocycles. The van der Waals surface area contributed by atoms with Crippen LogP contribution in [0.5, 0.6) is 5.75 Å². The molecule has 1 aliphatic rings. The van der Waals surface area contributed by atoms with Gasteiger partial charge in [-0.3, -0.25) is 9.89 Å². The van der Waals surface area contributed by atoms with Crippen molar-refractivity contribution in [2.75, 3.05) is 20.2 Å². The first-order valence-electron chi connectivity index (χ1n) is 9.00. The van der Waals surface area contributed by atoms with Crippen molar-refractivity contribution >= 4 is 5.91 Å². The van der Waals surface area contributed by atoms with Gasteiger partial charge in [0.25, 0.3) is 5.91 Å². The number of amides is 1. The normalized spacial score (nSPS) is 16.9. The molecule has 1 amide bonds. The number of methoxy groups -OCH3 is 1. The maximum Gasteiger partial charge on any atom is 0.271 e. The minimum atomic E-state index is -0.0394.